The van der Waals surface area contributed by atoms with Crippen molar-refractivity contribution in [3.8, 4) is 5.75 Å². The monoisotopic (exact) mass is 329 g/mol. The van der Waals surface area contributed by atoms with Crippen molar-refractivity contribution in [3.63, 3.8) is 0 Å². The lowest BCUT2D eigenvalue weighted by atomic mass is 9.72. The number of ether oxygens (including phenoxy) is 1. The van der Waals surface area contributed by atoms with Gasteiger partial charge in [0.15, 0.2) is 0 Å². The summed E-state index contributed by atoms with van der Waals surface area (Å²) in [4.78, 5) is 13.0. The molecular formula is C19H20ClNO2. The van der Waals surface area contributed by atoms with E-state index >= 15 is 0 Å². The van der Waals surface area contributed by atoms with Gasteiger partial charge in [-0.1, -0.05) is 43.1 Å². The van der Waals surface area contributed by atoms with Crippen LogP contribution in [0.4, 0.5) is 5.69 Å². The lowest BCUT2D eigenvalue weighted by Gasteiger charge is -2.29. The third-order valence-electron chi connectivity index (χ3n) is 4.36. The Morgan fingerprint density at radius 2 is 1.91 bits per heavy atom. The van der Waals surface area contributed by atoms with Gasteiger partial charge >= 0.3 is 0 Å². The Morgan fingerprint density at radius 3 is 2.61 bits per heavy atom. The lowest BCUT2D eigenvalue weighted by Crippen LogP contribution is -2.36. The summed E-state index contributed by atoms with van der Waals surface area (Å²) in [6.07, 6.45) is 1.57. The fourth-order valence-electron chi connectivity index (χ4n) is 3.43. The van der Waals surface area contributed by atoms with Crippen LogP contribution in [0, 0.1) is 0 Å². The second-order valence-electron chi connectivity index (χ2n) is 5.73. The van der Waals surface area contributed by atoms with E-state index in [-0.39, 0.29) is 5.91 Å². The largest absolute Gasteiger partial charge is 0.494 e. The molecule has 1 heterocycles. The fraction of sp³-hybridized carbons (Fsp3) is 0.316. The van der Waals surface area contributed by atoms with Gasteiger partial charge in [0.25, 0.3) is 0 Å². The smallest absolute Gasteiger partial charge is 0.239 e. The molecule has 4 heteroatoms. The van der Waals surface area contributed by atoms with Gasteiger partial charge in [-0.2, -0.15) is 0 Å². The Bertz CT molecular complexity index is 744. The van der Waals surface area contributed by atoms with Gasteiger partial charge in [-0.05, 0) is 48.7 Å². The predicted octanol–water partition coefficient (Wildman–Crippen LogP) is 4.78. The van der Waals surface area contributed by atoms with Crippen LogP contribution in [-0.4, -0.2) is 12.5 Å². The Kier molecular flexibility index (Phi) is 4.31. The highest BCUT2D eigenvalue weighted by Crippen LogP contribution is 2.49. The summed E-state index contributed by atoms with van der Waals surface area (Å²) in [5.74, 6) is 0.756. The summed E-state index contributed by atoms with van der Waals surface area (Å²) in [6, 6.07) is 13.4. The van der Waals surface area contributed by atoms with E-state index in [1.165, 1.54) is 0 Å². The molecule has 0 bridgehead atoms. The van der Waals surface area contributed by atoms with Crippen LogP contribution in [0.3, 0.4) is 0 Å². The van der Waals surface area contributed by atoms with Crippen LogP contribution in [0.1, 0.15) is 37.8 Å². The van der Waals surface area contributed by atoms with Crippen molar-refractivity contribution in [1.82, 2.24) is 0 Å². The zero-order chi connectivity index (χ0) is 16.4. The number of carbonyl (C=O) groups is 1. The Morgan fingerprint density at radius 1 is 1.13 bits per heavy atom. The summed E-state index contributed by atoms with van der Waals surface area (Å²) in [6.45, 7) is 4.62. The molecule has 1 aliphatic heterocycles. The number of amides is 1. The molecular weight excluding hydrogens is 310 g/mol. The van der Waals surface area contributed by atoms with E-state index in [0.717, 1.165) is 29.0 Å². The third kappa shape index (κ3) is 2.49. The van der Waals surface area contributed by atoms with Gasteiger partial charge in [-0.15, -0.1) is 0 Å². The topological polar surface area (TPSA) is 38.3 Å². The number of anilines is 1. The van der Waals surface area contributed by atoms with Crippen molar-refractivity contribution in [2.24, 2.45) is 0 Å². The van der Waals surface area contributed by atoms with E-state index in [9.17, 15) is 4.79 Å². The molecule has 1 N–H and O–H groups in total. The first-order valence-corrected chi connectivity index (χ1v) is 8.35. The quantitative estimate of drug-likeness (QED) is 0.857. The Labute approximate surface area is 141 Å². The number of benzene rings is 2. The van der Waals surface area contributed by atoms with Crippen LogP contribution in [0.15, 0.2) is 42.5 Å². The van der Waals surface area contributed by atoms with Gasteiger partial charge in [0.2, 0.25) is 5.91 Å². The minimum Gasteiger partial charge on any atom is -0.494 e. The minimum atomic E-state index is -0.754. The van der Waals surface area contributed by atoms with Gasteiger partial charge in [-0.25, -0.2) is 0 Å². The van der Waals surface area contributed by atoms with Gasteiger partial charge < -0.3 is 10.1 Å². The highest BCUT2D eigenvalue weighted by molar-refractivity contribution is 6.32. The van der Waals surface area contributed by atoms with Crippen LogP contribution in [0.5, 0.6) is 5.75 Å². The first kappa shape index (κ1) is 15.9. The SMILES string of the molecule is CCCC1(c2ccccc2Cl)C(=O)Nc2ccc(OCC)cc21. The van der Waals surface area contributed by atoms with Gasteiger partial charge in [0.05, 0.1) is 6.61 Å². The molecule has 3 nitrogen and oxygen atoms in total. The van der Waals surface area contributed by atoms with Crippen molar-refractivity contribution in [1.29, 1.82) is 0 Å². The molecule has 1 unspecified atom stereocenters. The molecule has 1 atom stereocenters. The number of nitrogens with one attached hydrogen (secondary N) is 1. The zero-order valence-corrected chi connectivity index (χ0v) is 14.1. The minimum absolute atomic E-state index is 0.0175. The average Bonchev–Trinajstić information content (AvgIpc) is 2.81. The molecule has 0 radical (unpaired) electrons. The number of carbonyl (C=O) groups excluding carboxylic acids is 1. The predicted molar refractivity (Wildman–Crippen MR) is 93.4 cm³/mol. The summed E-state index contributed by atoms with van der Waals surface area (Å²) in [7, 11) is 0. The highest BCUT2D eigenvalue weighted by Gasteiger charge is 2.48. The molecule has 0 saturated heterocycles. The normalized spacial score (nSPS) is 19.3. The van der Waals surface area contributed by atoms with Crippen LogP contribution in [0.25, 0.3) is 0 Å². The summed E-state index contributed by atoms with van der Waals surface area (Å²) in [5, 5.41) is 3.63. The molecule has 0 saturated carbocycles. The molecule has 0 fully saturated rings. The van der Waals surface area contributed by atoms with E-state index in [1.54, 1.807) is 0 Å². The Balaban J connectivity index is 2.24. The Hall–Kier alpha value is -2.00. The molecule has 2 aromatic carbocycles. The van der Waals surface area contributed by atoms with E-state index < -0.39 is 5.41 Å². The fourth-order valence-corrected chi connectivity index (χ4v) is 3.72. The molecule has 3 rings (SSSR count). The molecule has 2 aromatic rings. The summed E-state index contributed by atoms with van der Waals surface area (Å²) >= 11 is 6.45. The summed E-state index contributed by atoms with van der Waals surface area (Å²) < 4.78 is 5.63. The van der Waals surface area contributed by atoms with Crippen LogP contribution >= 0.6 is 11.6 Å². The van der Waals surface area contributed by atoms with Crippen molar-refractivity contribution >= 4 is 23.2 Å². The van der Waals surface area contributed by atoms with E-state index in [4.69, 9.17) is 16.3 Å². The number of rotatable bonds is 5. The highest BCUT2D eigenvalue weighted by atomic mass is 35.5. The van der Waals surface area contributed by atoms with Crippen molar-refractivity contribution in [2.75, 3.05) is 11.9 Å². The van der Waals surface area contributed by atoms with Crippen molar-refractivity contribution < 1.29 is 9.53 Å². The van der Waals surface area contributed by atoms with Crippen LogP contribution in [-0.2, 0) is 10.2 Å². The lowest BCUT2D eigenvalue weighted by molar-refractivity contribution is -0.119. The molecule has 120 valence electrons. The van der Waals surface area contributed by atoms with Crippen molar-refractivity contribution in [2.45, 2.75) is 32.1 Å². The zero-order valence-electron chi connectivity index (χ0n) is 13.4. The number of hydrogen-bond acceptors (Lipinski definition) is 2. The van der Waals surface area contributed by atoms with E-state index in [2.05, 4.69) is 12.2 Å². The third-order valence-corrected chi connectivity index (χ3v) is 4.69. The first-order valence-electron chi connectivity index (χ1n) is 7.97. The standard InChI is InChI=1S/C19H20ClNO2/c1-3-11-19(14-7-5-6-8-16(14)20)15-12-13(23-4-2)9-10-17(15)21-18(19)22/h5-10,12H,3-4,11H2,1-2H3,(H,21,22). The molecule has 0 aromatic heterocycles. The van der Waals surface area contributed by atoms with Crippen molar-refractivity contribution in [3.05, 3.63) is 58.6 Å². The number of fused-ring (bicyclic) bond motifs is 1. The van der Waals surface area contributed by atoms with E-state index in [0.29, 0.717) is 18.1 Å². The average molecular weight is 330 g/mol. The maximum atomic E-state index is 13.0. The number of halogens is 1. The molecule has 1 aliphatic rings. The van der Waals surface area contributed by atoms with Gasteiger partial charge in [0.1, 0.15) is 11.2 Å². The second-order valence-corrected chi connectivity index (χ2v) is 6.14. The van der Waals surface area contributed by atoms with Gasteiger partial charge in [0, 0.05) is 10.7 Å². The molecule has 1 amide bonds. The first-order chi connectivity index (χ1) is 11.1. The maximum Gasteiger partial charge on any atom is 0.239 e. The molecule has 23 heavy (non-hydrogen) atoms. The maximum absolute atomic E-state index is 13.0. The summed E-state index contributed by atoms with van der Waals surface area (Å²) in [5.41, 5.74) is 1.89. The van der Waals surface area contributed by atoms with E-state index in [1.807, 2.05) is 49.4 Å². The number of hydrogen-bond donors (Lipinski definition) is 1. The molecule has 0 aliphatic carbocycles. The van der Waals surface area contributed by atoms with Gasteiger partial charge in [-0.3, -0.25) is 4.79 Å². The van der Waals surface area contributed by atoms with Crippen LogP contribution in [0.2, 0.25) is 5.02 Å². The molecule has 0 spiro atoms. The second kappa shape index (κ2) is 6.25. The van der Waals surface area contributed by atoms with Crippen LogP contribution < -0.4 is 10.1 Å².